The monoisotopic (exact) mass is 713 g/mol. The molecule has 0 aliphatic rings. The van der Waals surface area contributed by atoms with Gasteiger partial charge in [0, 0.05) is 43.7 Å². The number of hydrogen-bond donors (Lipinski definition) is 0. The summed E-state index contributed by atoms with van der Waals surface area (Å²) >= 11 is 0. The Balaban J connectivity index is 1.10. The smallest absolute Gasteiger partial charge is 0.159 e. The van der Waals surface area contributed by atoms with E-state index < -0.39 is 0 Å². The molecule has 4 heterocycles. The molecule has 56 heavy (non-hydrogen) atoms. The number of hydrogen-bond acceptors (Lipinski definition) is 2. The van der Waals surface area contributed by atoms with Gasteiger partial charge < -0.3 is 18.1 Å². The van der Waals surface area contributed by atoms with Crippen molar-refractivity contribution in [3.63, 3.8) is 0 Å². The van der Waals surface area contributed by atoms with Crippen molar-refractivity contribution in [2.45, 2.75) is 0 Å². The molecule has 9 aromatic carbocycles. The Morgan fingerprint density at radius 2 is 0.964 bits per heavy atom. The van der Waals surface area contributed by atoms with Crippen molar-refractivity contribution in [3.8, 4) is 11.1 Å². The normalized spacial score (nSPS) is 12.3. The van der Waals surface area contributed by atoms with Crippen LogP contribution in [-0.2, 0) is 0 Å². The van der Waals surface area contributed by atoms with Crippen molar-refractivity contribution in [2.75, 3.05) is 4.90 Å². The van der Waals surface area contributed by atoms with Gasteiger partial charge in [0.1, 0.15) is 5.58 Å². The van der Waals surface area contributed by atoms with Crippen LogP contribution in [0.2, 0.25) is 0 Å². The molecule has 13 aromatic rings. The minimum Gasteiger partial charge on any atom is -0.454 e. The van der Waals surface area contributed by atoms with Gasteiger partial charge in [-0.05, 0) is 82.6 Å². The molecule has 0 bridgehead atoms. The molecular weight excluding hydrogens is 683 g/mol. The summed E-state index contributed by atoms with van der Waals surface area (Å²) in [6.07, 6.45) is 0. The third kappa shape index (κ3) is 3.97. The summed E-state index contributed by atoms with van der Waals surface area (Å²) in [6, 6.07) is 68.3. The van der Waals surface area contributed by atoms with Gasteiger partial charge in [0.2, 0.25) is 0 Å². The lowest BCUT2D eigenvalue weighted by Gasteiger charge is -2.26. The van der Waals surface area contributed by atoms with E-state index >= 15 is 0 Å². The minimum absolute atomic E-state index is 0.863. The standard InChI is InChI=1S/C52H31N3O/c1-2-11-34-30-35(21-20-32(34)10-1)33-22-24-36(25-23-33)53(47-18-9-15-43-40-14-5-8-19-49(40)56-52(43)47)37-26-29-46-48(31-37)55-45-17-7-4-13-39(45)42-28-27-41-38-12-3-6-16-44(38)54(46)50(41)51(42)55/h1-31H. The van der Waals surface area contributed by atoms with Crippen molar-refractivity contribution in [1.82, 2.24) is 8.80 Å². The molecule has 0 saturated heterocycles. The molecule has 0 aliphatic heterocycles. The van der Waals surface area contributed by atoms with E-state index in [4.69, 9.17) is 4.42 Å². The molecule has 0 unspecified atom stereocenters. The fourth-order valence-corrected chi connectivity index (χ4v) is 9.53. The highest BCUT2D eigenvalue weighted by molar-refractivity contribution is 6.25. The van der Waals surface area contributed by atoms with Gasteiger partial charge in [-0.25, -0.2) is 0 Å². The van der Waals surface area contributed by atoms with Crippen LogP contribution in [0.3, 0.4) is 0 Å². The lowest BCUT2D eigenvalue weighted by Crippen LogP contribution is -2.11. The number of para-hydroxylation sites is 4. The van der Waals surface area contributed by atoms with Crippen LogP contribution >= 0.6 is 0 Å². The third-order valence-electron chi connectivity index (χ3n) is 12.0. The van der Waals surface area contributed by atoms with Gasteiger partial charge >= 0.3 is 0 Å². The first kappa shape index (κ1) is 29.8. The van der Waals surface area contributed by atoms with Crippen LogP contribution < -0.4 is 4.90 Å². The first-order valence-electron chi connectivity index (χ1n) is 19.2. The van der Waals surface area contributed by atoms with E-state index in [9.17, 15) is 0 Å². The summed E-state index contributed by atoms with van der Waals surface area (Å²) in [5, 5.41) is 9.76. The molecule has 0 fully saturated rings. The maximum atomic E-state index is 6.72. The highest BCUT2D eigenvalue weighted by atomic mass is 16.3. The van der Waals surface area contributed by atoms with E-state index in [0.717, 1.165) is 50.0 Å². The van der Waals surface area contributed by atoms with Crippen LogP contribution in [0.25, 0.3) is 98.5 Å². The van der Waals surface area contributed by atoms with Crippen molar-refractivity contribution in [3.05, 3.63) is 188 Å². The highest BCUT2D eigenvalue weighted by Gasteiger charge is 2.24. The molecule has 0 atom stereocenters. The van der Waals surface area contributed by atoms with Crippen LogP contribution in [0.1, 0.15) is 0 Å². The second-order valence-corrected chi connectivity index (χ2v) is 14.9. The van der Waals surface area contributed by atoms with Crippen LogP contribution in [-0.4, -0.2) is 8.80 Å². The van der Waals surface area contributed by atoms with E-state index in [1.54, 1.807) is 0 Å². The Kier molecular flexibility index (Phi) is 5.86. The zero-order valence-electron chi connectivity index (χ0n) is 30.1. The Bertz CT molecular complexity index is 3710. The second-order valence-electron chi connectivity index (χ2n) is 14.9. The molecule has 4 heteroatoms. The largest absolute Gasteiger partial charge is 0.454 e. The van der Waals surface area contributed by atoms with Crippen LogP contribution in [0.5, 0.6) is 0 Å². The molecule has 0 amide bonds. The predicted octanol–water partition coefficient (Wildman–Crippen LogP) is 14.4. The molecule has 13 rings (SSSR count). The summed E-state index contributed by atoms with van der Waals surface area (Å²) in [6.45, 7) is 0. The lowest BCUT2D eigenvalue weighted by molar-refractivity contribution is 0.669. The molecular formula is C52H31N3O. The van der Waals surface area contributed by atoms with Gasteiger partial charge in [-0.3, -0.25) is 0 Å². The maximum absolute atomic E-state index is 6.72. The topological polar surface area (TPSA) is 25.2 Å². The lowest BCUT2D eigenvalue weighted by atomic mass is 10.0. The Morgan fingerprint density at radius 3 is 1.73 bits per heavy atom. The molecule has 4 aromatic heterocycles. The number of aromatic nitrogens is 2. The number of fused-ring (bicyclic) bond motifs is 13. The first-order valence-corrected chi connectivity index (χ1v) is 19.2. The summed E-state index contributed by atoms with van der Waals surface area (Å²) in [4.78, 5) is 2.36. The van der Waals surface area contributed by atoms with Crippen LogP contribution in [0, 0.1) is 0 Å². The zero-order valence-corrected chi connectivity index (χ0v) is 30.1. The fraction of sp³-hybridized carbons (Fsp3) is 0. The SMILES string of the molecule is c1ccc2cc(-c3ccc(N(c4ccc5c(c4)n4c6ccccc6c6ccc7c8ccccc8n5c7c64)c4cccc5c4oc4ccccc45)cc3)ccc2c1. The van der Waals surface area contributed by atoms with Crippen LogP contribution in [0.15, 0.2) is 192 Å². The number of nitrogens with zero attached hydrogens (tertiary/aromatic N) is 3. The van der Waals surface area contributed by atoms with E-state index in [2.05, 4.69) is 196 Å². The van der Waals surface area contributed by atoms with Crippen molar-refractivity contribution in [1.29, 1.82) is 0 Å². The average Bonchev–Trinajstić information content (AvgIpc) is 3.92. The van der Waals surface area contributed by atoms with Gasteiger partial charge in [0.25, 0.3) is 0 Å². The van der Waals surface area contributed by atoms with Gasteiger partial charge in [-0.1, -0.05) is 127 Å². The molecule has 0 N–H and O–H groups in total. The van der Waals surface area contributed by atoms with E-state index in [-0.39, 0.29) is 0 Å². The third-order valence-corrected chi connectivity index (χ3v) is 12.0. The quantitative estimate of drug-likeness (QED) is 0.170. The number of rotatable bonds is 4. The Morgan fingerprint density at radius 1 is 0.357 bits per heavy atom. The fourth-order valence-electron chi connectivity index (χ4n) is 9.53. The highest BCUT2D eigenvalue weighted by Crippen LogP contribution is 2.46. The minimum atomic E-state index is 0.863. The van der Waals surface area contributed by atoms with Crippen LogP contribution in [0.4, 0.5) is 17.1 Å². The van der Waals surface area contributed by atoms with Crippen molar-refractivity contribution < 1.29 is 4.42 Å². The molecule has 260 valence electrons. The van der Waals surface area contributed by atoms with Gasteiger partial charge in [0.15, 0.2) is 5.58 Å². The number of furan rings is 1. The summed E-state index contributed by atoms with van der Waals surface area (Å²) < 4.78 is 11.7. The number of benzene rings is 9. The maximum Gasteiger partial charge on any atom is 0.159 e. The predicted molar refractivity (Wildman–Crippen MR) is 234 cm³/mol. The average molecular weight is 714 g/mol. The zero-order chi connectivity index (χ0) is 36.5. The van der Waals surface area contributed by atoms with Gasteiger partial charge in [-0.2, -0.15) is 0 Å². The van der Waals surface area contributed by atoms with E-state index in [1.165, 1.54) is 65.5 Å². The molecule has 4 nitrogen and oxygen atoms in total. The molecule has 0 aliphatic carbocycles. The van der Waals surface area contributed by atoms with Crippen molar-refractivity contribution >= 4 is 104 Å². The van der Waals surface area contributed by atoms with Gasteiger partial charge in [-0.15, -0.1) is 0 Å². The number of anilines is 3. The Hall–Kier alpha value is -7.56. The molecule has 0 radical (unpaired) electrons. The molecule has 0 saturated carbocycles. The van der Waals surface area contributed by atoms with E-state index in [0.29, 0.717) is 0 Å². The van der Waals surface area contributed by atoms with Gasteiger partial charge in [0.05, 0.1) is 38.8 Å². The summed E-state index contributed by atoms with van der Waals surface area (Å²) in [7, 11) is 0. The summed E-state index contributed by atoms with van der Waals surface area (Å²) in [5.41, 5.74) is 14.4. The van der Waals surface area contributed by atoms with Crippen molar-refractivity contribution in [2.24, 2.45) is 0 Å². The second kappa shape index (κ2) is 11.0. The first-order chi connectivity index (χ1) is 27.8. The van der Waals surface area contributed by atoms with E-state index in [1.807, 2.05) is 6.07 Å². The summed E-state index contributed by atoms with van der Waals surface area (Å²) in [5.74, 6) is 0. The Labute approximate surface area is 320 Å². The molecule has 0 spiro atoms.